The van der Waals surface area contributed by atoms with Crippen LogP contribution in [0.5, 0.6) is 0 Å². The molecule has 0 aliphatic rings. The van der Waals surface area contributed by atoms with Gasteiger partial charge < -0.3 is 4.57 Å². The maximum Gasteiger partial charge on any atom is 0.138 e. The Morgan fingerprint density at radius 1 is 1.06 bits per heavy atom. The van der Waals surface area contributed by atoms with E-state index in [4.69, 9.17) is 0 Å². The first-order valence-electron chi connectivity index (χ1n) is 5.67. The van der Waals surface area contributed by atoms with E-state index in [0.717, 1.165) is 16.8 Å². The summed E-state index contributed by atoms with van der Waals surface area (Å²) >= 11 is 3.17. The van der Waals surface area contributed by atoms with Crippen LogP contribution in [0.15, 0.2) is 53.0 Å². The van der Waals surface area contributed by atoms with Crippen molar-refractivity contribution in [3.05, 3.63) is 58.8 Å². The van der Waals surface area contributed by atoms with Gasteiger partial charge in [-0.2, -0.15) is 0 Å². The van der Waals surface area contributed by atoms with Crippen LogP contribution in [0.1, 0.15) is 0 Å². The largest absolute Gasteiger partial charge is 0.344 e. The van der Waals surface area contributed by atoms with Crippen molar-refractivity contribution in [2.75, 3.05) is 0 Å². The monoisotopic (exact) mass is 303 g/mol. The Hall–Kier alpha value is -1.61. The summed E-state index contributed by atoms with van der Waals surface area (Å²) in [5.74, 6) is -0.238. The Bertz CT molecular complexity index is 730. The van der Waals surface area contributed by atoms with Crippen molar-refractivity contribution in [2.24, 2.45) is 7.05 Å². The summed E-state index contributed by atoms with van der Waals surface area (Å²) < 4.78 is 16.2. The zero-order valence-electron chi connectivity index (χ0n) is 9.82. The first-order valence-corrected chi connectivity index (χ1v) is 6.46. The Morgan fingerprint density at radius 3 is 2.56 bits per heavy atom. The van der Waals surface area contributed by atoms with Gasteiger partial charge in [0, 0.05) is 29.2 Å². The van der Waals surface area contributed by atoms with Crippen LogP contribution < -0.4 is 0 Å². The van der Waals surface area contributed by atoms with Crippen molar-refractivity contribution in [1.82, 2.24) is 4.57 Å². The first-order chi connectivity index (χ1) is 8.66. The highest BCUT2D eigenvalue weighted by atomic mass is 79.9. The molecule has 0 saturated carbocycles. The molecular weight excluding hydrogens is 293 g/mol. The molecule has 0 aliphatic heterocycles. The van der Waals surface area contributed by atoms with Gasteiger partial charge in [-0.25, -0.2) is 4.39 Å². The van der Waals surface area contributed by atoms with Crippen molar-refractivity contribution in [2.45, 2.75) is 0 Å². The van der Waals surface area contributed by atoms with Crippen LogP contribution in [0.2, 0.25) is 0 Å². The Morgan fingerprint density at radius 2 is 1.83 bits per heavy atom. The molecule has 0 N–H and O–H groups in total. The zero-order chi connectivity index (χ0) is 12.7. The molecule has 0 unspecified atom stereocenters. The molecule has 2 aromatic carbocycles. The number of benzene rings is 2. The summed E-state index contributed by atoms with van der Waals surface area (Å²) in [6.45, 7) is 0. The topological polar surface area (TPSA) is 4.93 Å². The number of hydrogen-bond donors (Lipinski definition) is 0. The molecule has 0 bridgehead atoms. The van der Waals surface area contributed by atoms with E-state index in [9.17, 15) is 4.39 Å². The number of aryl methyl sites for hydroxylation is 1. The molecule has 0 radical (unpaired) electrons. The second kappa shape index (κ2) is 4.25. The van der Waals surface area contributed by atoms with Crippen LogP contribution >= 0.6 is 15.9 Å². The van der Waals surface area contributed by atoms with E-state index >= 15 is 0 Å². The first kappa shape index (κ1) is 11.5. The van der Waals surface area contributed by atoms with Gasteiger partial charge in [0.1, 0.15) is 5.82 Å². The van der Waals surface area contributed by atoms with Gasteiger partial charge in [-0.3, -0.25) is 0 Å². The number of halogens is 2. The molecule has 90 valence electrons. The average Bonchev–Trinajstić information content (AvgIpc) is 2.71. The molecule has 3 rings (SSSR count). The molecule has 18 heavy (non-hydrogen) atoms. The second-order valence-corrected chi connectivity index (χ2v) is 5.13. The van der Waals surface area contributed by atoms with E-state index < -0.39 is 0 Å². The average molecular weight is 304 g/mol. The molecule has 3 heteroatoms. The van der Waals surface area contributed by atoms with Crippen LogP contribution in [-0.2, 0) is 7.05 Å². The van der Waals surface area contributed by atoms with Gasteiger partial charge in [-0.1, -0.05) is 24.3 Å². The molecule has 1 heterocycles. The van der Waals surface area contributed by atoms with E-state index in [-0.39, 0.29) is 5.82 Å². The van der Waals surface area contributed by atoms with Gasteiger partial charge in [0.2, 0.25) is 0 Å². The normalized spacial score (nSPS) is 11.1. The number of para-hydroxylation sites is 1. The fraction of sp³-hybridized carbons (Fsp3) is 0.0667. The quantitative estimate of drug-likeness (QED) is 0.611. The molecule has 1 aromatic heterocycles. The van der Waals surface area contributed by atoms with E-state index in [1.807, 2.05) is 25.2 Å². The summed E-state index contributed by atoms with van der Waals surface area (Å²) in [7, 11) is 2.00. The summed E-state index contributed by atoms with van der Waals surface area (Å²) in [6, 6.07) is 15.4. The van der Waals surface area contributed by atoms with Gasteiger partial charge in [0.05, 0.1) is 4.47 Å². The number of nitrogens with zero attached hydrogens (tertiary/aromatic N) is 1. The van der Waals surface area contributed by atoms with E-state index in [1.165, 1.54) is 5.39 Å². The van der Waals surface area contributed by atoms with Gasteiger partial charge in [-0.05, 0) is 40.2 Å². The molecule has 0 amide bonds. The molecule has 1 nitrogen and oxygen atoms in total. The Kier molecular flexibility index (Phi) is 2.71. The zero-order valence-corrected chi connectivity index (χ0v) is 11.4. The van der Waals surface area contributed by atoms with Gasteiger partial charge in [0.15, 0.2) is 0 Å². The lowest BCUT2D eigenvalue weighted by Gasteiger charge is -2.05. The number of hydrogen-bond acceptors (Lipinski definition) is 0. The maximum absolute atomic E-state index is 13.6. The lowest BCUT2D eigenvalue weighted by molar-refractivity contribution is 0.621. The van der Waals surface area contributed by atoms with E-state index in [1.54, 1.807) is 12.1 Å². The standard InChI is InChI=1S/C15H11BrFN/c1-18-14-5-3-2-4-10(14)9-15(18)11-6-7-12(16)13(17)8-11/h2-9H,1H3. The number of rotatable bonds is 1. The van der Waals surface area contributed by atoms with Crippen LogP contribution in [0.25, 0.3) is 22.2 Å². The number of aromatic nitrogens is 1. The highest BCUT2D eigenvalue weighted by Crippen LogP contribution is 2.29. The van der Waals surface area contributed by atoms with Gasteiger partial charge >= 0.3 is 0 Å². The van der Waals surface area contributed by atoms with E-state index in [2.05, 4.69) is 38.7 Å². The van der Waals surface area contributed by atoms with Gasteiger partial charge in [-0.15, -0.1) is 0 Å². The van der Waals surface area contributed by atoms with Crippen molar-refractivity contribution < 1.29 is 4.39 Å². The summed E-state index contributed by atoms with van der Waals surface area (Å²) in [4.78, 5) is 0. The van der Waals surface area contributed by atoms with E-state index in [0.29, 0.717) is 4.47 Å². The predicted molar refractivity (Wildman–Crippen MR) is 76.0 cm³/mol. The highest BCUT2D eigenvalue weighted by molar-refractivity contribution is 9.10. The maximum atomic E-state index is 13.6. The van der Waals surface area contributed by atoms with Crippen molar-refractivity contribution >= 4 is 26.8 Å². The molecule has 3 aromatic rings. The lowest BCUT2D eigenvalue weighted by atomic mass is 10.1. The summed E-state index contributed by atoms with van der Waals surface area (Å²) in [6.07, 6.45) is 0. The predicted octanol–water partition coefficient (Wildman–Crippen LogP) is 4.75. The molecule has 0 fully saturated rings. The molecule has 0 atom stereocenters. The third-order valence-corrected chi connectivity index (χ3v) is 3.81. The fourth-order valence-electron chi connectivity index (χ4n) is 2.22. The second-order valence-electron chi connectivity index (χ2n) is 4.28. The van der Waals surface area contributed by atoms with Crippen molar-refractivity contribution in [3.8, 4) is 11.3 Å². The summed E-state index contributed by atoms with van der Waals surface area (Å²) in [5, 5.41) is 1.17. The minimum Gasteiger partial charge on any atom is -0.344 e. The minimum atomic E-state index is -0.238. The smallest absolute Gasteiger partial charge is 0.138 e. The third-order valence-electron chi connectivity index (χ3n) is 3.17. The van der Waals surface area contributed by atoms with Crippen molar-refractivity contribution in [1.29, 1.82) is 0 Å². The highest BCUT2D eigenvalue weighted by Gasteiger charge is 2.09. The summed E-state index contributed by atoms with van der Waals surface area (Å²) in [5.41, 5.74) is 3.05. The SMILES string of the molecule is Cn1c(-c2ccc(Br)c(F)c2)cc2ccccc21. The van der Waals surface area contributed by atoms with Crippen LogP contribution in [0, 0.1) is 5.82 Å². The molecule has 0 spiro atoms. The third kappa shape index (κ3) is 1.75. The van der Waals surface area contributed by atoms with Crippen LogP contribution in [0.3, 0.4) is 0 Å². The number of fused-ring (bicyclic) bond motifs is 1. The Labute approximate surface area is 113 Å². The van der Waals surface area contributed by atoms with Crippen LogP contribution in [0.4, 0.5) is 4.39 Å². The fourth-order valence-corrected chi connectivity index (χ4v) is 2.47. The molecule has 0 saturated heterocycles. The van der Waals surface area contributed by atoms with Crippen molar-refractivity contribution in [3.63, 3.8) is 0 Å². The molecular formula is C15H11BrFN. The lowest BCUT2D eigenvalue weighted by Crippen LogP contribution is -1.91. The minimum absolute atomic E-state index is 0.238. The van der Waals surface area contributed by atoms with Crippen LogP contribution in [-0.4, -0.2) is 4.57 Å². The van der Waals surface area contributed by atoms with Gasteiger partial charge in [0.25, 0.3) is 0 Å². The Balaban J connectivity index is 2.25. The molecule has 0 aliphatic carbocycles.